The van der Waals surface area contributed by atoms with Gasteiger partial charge in [-0.05, 0) is 43.5 Å². The van der Waals surface area contributed by atoms with Gasteiger partial charge in [-0.15, -0.1) is 0 Å². The first-order valence-corrected chi connectivity index (χ1v) is 6.72. The molecule has 1 aliphatic heterocycles. The lowest BCUT2D eigenvalue weighted by Gasteiger charge is -2.38. The van der Waals surface area contributed by atoms with E-state index in [1.807, 2.05) is 23.1 Å². The van der Waals surface area contributed by atoms with Crippen molar-refractivity contribution in [3.05, 3.63) is 34.9 Å². The van der Waals surface area contributed by atoms with Crippen molar-refractivity contribution in [2.75, 3.05) is 19.6 Å². The molecular formula is C15H22N2O. The molecule has 0 atom stereocenters. The molecule has 0 saturated carbocycles. The molecule has 3 heteroatoms. The number of hydrogen-bond donors (Lipinski definition) is 1. The topological polar surface area (TPSA) is 32.3 Å². The van der Waals surface area contributed by atoms with Gasteiger partial charge in [-0.25, -0.2) is 0 Å². The van der Waals surface area contributed by atoms with E-state index in [1.165, 1.54) is 11.1 Å². The Kier molecular flexibility index (Phi) is 4.02. The van der Waals surface area contributed by atoms with E-state index in [2.05, 4.69) is 26.1 Å². The first kappa shape index (κ1) is 13.1. The summed E-state index contributed by atoms with van der Waals surface area (Å²) in [5, 5.41) is 3.23. The van der Waals surface area contributed by atoms with E-state index in [4.69, 9.17) is 0 Å². The molecule has 1 amide bonds. The zero-order chi connectivity index (χ0) is 13.1. The quantitative estimate of drug-likeness (QED) is 0.882. The molecule has 1 heterocycles. The highest BCUT2D eigenvalue weighted by molar-refractivity contribution is 5.94. The number of carbonyl (C=O) groups excluding carboxylic acids is 1. The van der Waals surface area contributed by atoms with Crippen molar-refractivity contribution >= 4 is 5.91 Å². The third-order valence-corrected chi connectivity index (χ3v) is 3.68. The van der Waals surface area contributed by atoms with Crippen LogP contribution in [0.3, 0.4) is 0 Å². The molecular weight excluding hydrogens is 224 g/mol. The van der Waals surface area contributed by atoms with Gasteiger partial charge in [0.1, 0.15) is 0 Å². The van der Waals surface area contributed by atoms with Crippen LogP contribution in [0.15, 0.2) is 18.2 Å². The first-order chi connectivity index (χ1) is 8.63. The number of nitrogens with one attached hydrogen (secondary N) is 1. The van der Waals surface area contributed by atoms with E-state index in [1.54, 1.807) is 0 Å². The summed E-state index contributed by atoms with van der Waals surface area (Å²) in [6.07, 6.45) is 1.01. The van der Waals surface area contributed by atoms with E-state index < -0.39 is 0 Å². The predicted octanol–water partition coefficient (Wildman–Crippen LogP) is 2.13. The predicted molar refractivity (Wildman–Crippen MR) is 73.9 cm³/mol. The van der Waals surface area contributed by atoms with Crippen molar-refractivity contribution in [1.82, 2.24) is 10.2 Å². The summed E-state index contributed by atoms with van der Waals surface area (Å²) in [7, 11) is 0. The molecule has 1 fully saturated rings. The van der Waals surface area contributed by atoms with E-state index in [0.717, 1.165) is 31.6 Å². The molecule has 0 unspecified atom stereocenters. The number of benzene rings is 1. The maximum Gasteiger partial charge on any atom is 0.254 e. The summed E-state index contributed by atoms with van der Waals surface area (Å²) in [6, 6.07) is 6.36. The zero-order valence-corrected chi connectivity index (χ0v) is 11.5. The Hall–Kier alpha value is -1.35. The van der Waals surface area contributed by atoms with Crippen LogP contribution in [0.25, 0.3) is 0 Å². The summed E-state index contributed by atoms with van der Waals surface area (Å²) in [5.41, 5.74) is 3.24. The second-order valence-corrected chi connectivity index (χ2v) is 5.11. The largest absolute Gasteiger partial charge is 0.333 e. The van der Waals surface area contributed by atoms with Crippen molar-refractivity contribution in [1.29, 1.82) is 0 Å². The van der Waals surface area contributed by atoms with Gasteiger partial charge in [0.25, 0.3) is 5.91 Å². The van der Waals surface area contributed by atoms with Crippen molar-refractivity contribution in [3.63, 3.8) is 0 Å². The number of carbonyl (C=O) groups is 1. The van der Waals surface area contributed by atoms with Gasteiger partial charge in [0, 0.05) is 25.2 Å². The fourth-order valence-electron chi connectivity index (χ4n) is 2.22. The lowest BCUT2D eigenvalue weighted by atomic mass is 10.0. The van der Waals surface area contributed by atoms with Crippen molar-refractivity contribution < 1.29 is 4.79 Å². The zero-order valence-electron chi connectivity index (χ0n) is 11.5. The summed E-state index contributed by atoms with van der Waals surface area (Å²) in [6.45, 7) is 8.95. The van der Waals surface area contributed by atoms with Crippen molar-refractivity contribution in [2.45, 2.75) is 33.2 Å². The second kappa shape index (κ2) is 5.53. The number of hydrogen-bond acceptors (Lipinski definition) is 2. The molecule has 1 saturated heterocycles. The Bertz CT molecular complexity index is 438. The molecule has 0 spiro atoms. The highest BCUT2D eigenvalue weighted by atomic mass is 16.2. The van der Waals surface area contributed by atoms with Gasteiger partial charge >= 0.3 is 0 Å². The lowest BCUT2D eigenvalue weighted by Crippen LogP contribution is -2.59. The standard InChI is InChI=1S/C15H22N2O/c1-4-7-17(14-9-16-10-14)15(18)13-6-5-11(2)12(3)8-13/h5-6,8,14,16H,4,7,9-10H2,1-3H3. The van der Waals surface area contributed by atoms with Crippen LogP contribution in [0.5, 0.6) is 0 Å². The molecule has 0 aliphatic carbocycles. The van der Waals surface area contributed by atoms with Crippen molar-refractivity contribution in [2.24, 2.45) is 0 Å². The summed E-state index contributed by atoms with van der Waals surface area (Å²) in [5.74, 6) is 0.173. The van der Waals surface area contributed by atoms with E-state index in [-0.39, 0.29) is 5.91 Å². The smallest absolute Gasteiger partial charge is 0.254 e. The highest BCUT2D eigenvalue weighted by Gasteiger charge is 2.28. The van der Waals surface area contributed by atoms with Crippen LogP contribution < -0.4 is 5.32 Å². The molecule has 1 aromatic rings. The molecule has 1 aliphatic rings. The second-order valence-electron chi connectivity index (χ2n) is 5.11. The molecule has 98 valence electrons. The molecule has 0 radical (unpaired) electrons. The molecule has 18 heavy (non-hydrogen) atoms. The van der Waals surface area contributed by atoms with Crippen LogP contribution in [0, 0.1) is 13.8 Å². The first-order valence-electron chi connectivity index (χ1n) is 6.72. The maximum atomic E-state index is 12.5. The van der Waals surface area contributed by atoms with Gasteiger partial charge < -0.3 is 10.2 Å². The average molecular weight is 246 g/mol. The summed E-state index contributed by atoms with van der Waals surface area (Å²) < 4.78 is 0. The third kappa shape index (κ3) is 2.56. The minimum atomic E-state index is 0.173. The summed E-state index contributed by atoms with van der Waals surface area (Å²) >= 11 is 0. The van der Waals surface area contributed by atoms with E-state index >= 15 is 0 Å². The Morgan fingerprint density at radius 3 is 2.56 bits per heavy atom. The number of amides is 1. The van der Waals surface area contributed by atoms with Crippen LogP contribution in [-0.4, -0.2) is 36.5 Å². The van der Waals surface area contributed by atoms with E-state index in [9.17, 15) is 4.79 Å². The summed E-state index contributed by atoms with van der Waals surface area (Å²) in [4.78, 5) is 14.5. The molecule has 1 aromatic carbocycles. The Balaban J connectivity index is 2.18. The van der Waals surface area contributed by atoms with Gasteiger partial charge in [0.05, 0.1) is 6.04 Å². The Morgan fingerprint density at radius 2 is 2.06 bits per heavy atom. The van der Waals surface area contributed by atoms with Crippen LogP contribution in [0.4, 0.5) is 0 Å². The monoisotopic (exact) mass is 246 g/mol. The van der Waals surface area contributed by atoms with Crippen LogP contribution in [0.2, 0.25) is 0 Å². The third-order valence-electron chi connectivity index (χ3n) is 3.68. The highest BCUT2D eigenvalue weighted by Crippen LogP contribution is 2.15. The van der Waals surface area contributed by atoms with Gasteiger partial charge in [-0.3, -0.25) is 4.79 Å². The normalized spacial score (nSPS) is 15.3. The average Bonchev–Trinajstić information content (AvgIpc) is 2.29. The molecule has 0 aromatic heterocycles. The number of aryl methyl sites for hydroxylation is 2. The minimum Gasteiger partial charge on any atom is -0.333 e. The fourth-order valence-corrected chi connectivity index (χ4v) is 2.22. The van der Waals surface area contributed by atoms with E-state index in [0.29, 0.717) is 6.04 Å². The lowest BCUT2D eigenvalue weighted by molar-refractivity contribution is 0.0615. The number of nitrogens with zero attached hydrogens (tertiary/aromatic N) is 1. The fraction of sp³-hybridized carbons (Fsp3) is 0.533. The van der Waals surface area contributed by atoms with Crippen molar-refractivity contribution in [3.8, 4) is 0 Å². The van der Waals surface area contributed by atoms with Gasteiger partial charge in [-0.1, -0.05) is 13.0 Å². The molecule has 2 rings (SSSR count). The molecule has 3 nitrogen and oxygen atoms in total. The molecule has 0 bridgehead atoms. The SMILES string of the molecule is CCCN(C(=O)c1ccc(C)c(C)c1)C1CNC1. The maximum absolute atomic E-state index is 12.5. The van der Waals surface area contributed by atoms with Crippen LogP contribution in [0.1, 0.15) is 34.8 Å². The number of rotatable bonds is 4. The minimum absolute atomic E-state index is 0.173. The van der Waals surface area contributed by atoms with Gasteiger partial charge in [0.2, 0.25) is 0 Å². The Labute approximate surface area is 109 Å². The Morgan fingerprint density at radius 1 is 1.33 bits per heavy atom. The van der Waals surface area contributed by atoms with Gasteiger partial charge in [0.15, 0.2) is 0 Å². The van der Waals surface area contributed by atoms with Gasteiger partial charge in [-0.2, -0.15) is 0 Å². The van der Waals surface area contributed by atoms with Crippen LogP contribution in [-0.2, 0) is 0 Å². The molecule has 1 N–H and O–H groups in total. The van der Waals surface area contributed by atoms with Crippen LogP contribution >= 0.6 is 0 Å².